The van der Waals surface area contributed by atoms with E-state index in [0.29, 0.717) is 12.6 Å². The summed E-state index contributed by atoms with van der Waals surface area (Å²) in [7, 11) is 0. The Hall–Kier alpha value is -3.02. The average molecular weight is 364 g/mol. The molecule has 27 heavy (non-hydrogen) atoms. The smallest absolute Gasteiger partial charge is 0.298 e. The van der Waals surface area contributed by atoms with Crippen LogP contribution in [0.2, 0.25) is 0 Å². The summed E-state index contributed by atoms with van der Waals surface area (Å²) >= 11 is 0. The van der Waals surface area contributed by atoms with E-state index in [1.54, 1.807) is 0 Å². The fraction of sp³-hybridized carbons (Fsp3) is 0.333. The summed E-state index contributed by atoms with van der Waals surface area (Å²) in [5, 5.41) is 3.06. The molecule has 3 aromatic rings. The lowest BCUT2D eigenvalue weighted by atomic mass is 9.96. The molecule has 6 nitrogen and oxygen atoms in total. The van der Waals surface area contributed by atoms with Gasteiger partial charge in [-0.05, 0) is 49.1 Å². The molecular weight excluding hydrogens is 340 g/mol. The number of piperidine rings is 1. The maximum Gasteiger partial charge on any atom is 0.298 e. The minimum Gasteiger partial charge on any atom is -0.423 e. The normalized spacial score (nSPS) is 15.2. The highest BCUT2D eigenvalue weighted by Gasteiger charge is 2.26. The first kappa shape index (κ1) is 17.4. The van der Waals surface area contributed by atoms with Gasteiger partial charge in [0, 0.05) is 31.2 Å². The van der Waals surface area contributed by atoms with Gasteiger partial charge in [0.2, 0.25) is 5.91 Å². The summed E-state index contributed by atoms with van der Waals surface area (Å²) in [6.07, 6.45) is 2.44. The van der Waals surface area contributed by atoms with Crippen molar-refractivity contribution in [1.29, 1.82) is 0 Å². The molecule has 1 saturated heterocycles. The van der Waals surface area contributed by atoms with Gasteiger partial charge in [0.15, 0.2) is 5.58 Å². The van der Waals surface area contributed by atoms with E-state index < -0.39 is 0 Å². The number of nitrogen functional groups attached to an aromatic ring is 1. The second kappa shape index (κ2) is 7.70. The molecule has 2 aromatic carbocycles. The van der Waals surface area contributed by atoms with E-state index in [4.69, 9.17) is 10.2 Å². The molecule has 0 bridgehead atoms. The highest BCUT2D eigenvalue weighted by molar-refractivity contribution is 5.79. The highest BCUT2D eigenvalue weighted by atomic mass is 16.4. The first-order valence-corrected chi connectivity index (χ1v) is 9.42. The van der Waals surface area contributed by atoms with Gasteiger partial charge in [-0.15, -0.1) is 0 Å². The first-order valence-electron chi connectivity index (χ1n) is 9.42. The zero-order chi connectivity index (χ0) is 18.6. The molecule has 0 atom stereocenters. The number of carbonyl (C=O) groups excluding carboxylic acids is 1. The fourth-order valence-corrected chi connectivity index (χ4v) is 3.49. The number of hydrogen-bond acceptors (Lipinski definition) is 5. The molecule has 3 N–H and O–H groups in total. The van der Waals surface area contributed by atoms with Crippen LogP contribution in [0.3, 0.4) is 0 Å². The maximum absolute atomic E-state index is 12.4. The minimum absolute atomic E-state index is 0.0528. The monoisotopic (exact) mass is 364 g/mol. The van der Waals surface area contributed by atoms with Crippen LogP contribution in [0.5, 0.6) is 0 Å². The van der Waals surface area contributed by atoms with Crippen molar-refractivity contribution in [2.45, 2.75) is 19.3 Å². The molecular formula is C21H24N4O2. The molecule has 0 radical (unpaired) electrons. The SMILES string of the molecule is Nc1ccc(CCNC(=O)C2CCN(c3nc4ccccc4o3)CC2)cc1. The van der Waals surface area contributed by atoms with Crippen LogP contribution in [-0.2, 0) is 11.2 Å². The number of hydrogen-bond donors (Lipinski definition) is 2. The average Bonchev–Trinajstić information content (AvgIpc) is 3.14. The highest BCUT2D eigenvalue weighted by Crippen LogP contribution is 2.26. The van der Waals surface area contributed by atoms with Gasteiger partial charge in [-0.2, -0.15) is 4.98 Å². The summed E-state index contributed by atoms with van der Waals surface area (Å²) in [4.78, 5) is 19.1. The molecule has 1 aliphatic heterocycles. The second-order valence-corrected chi connectivity index (χ2v) is 7.01. The third-order valence-corrected chi connectivity index (χ3v) is 5.11. The van der Waals surface area contributed by atoms with Gasteiger partial charge in [0.25, 0.3) is 6.01 Å². The van der Waals surface area contributed by atoms with Crippen molar-refractivity contribution in [2.24, 2.45) is 5.92 Å². The van der Waals surface area contributed by atoms with Gasteiger partial charge >= 0.3 is 0 Å². The van der Waals surface area contributed by atoms with Crippen molar-refractivity contribution in [3.63, 3.8) is 0 Å². The van der Waals surface area contributed by atoms with Gasteiger partial charge < -0.3 is 20.4 Å². The lowest BCUT2D eigenvalue weighted by molar-refractivity contribution is -0.125. The number of nitrogens with zero attached hydrogens (tertiary/aromatic N) is 2. The molecule has 0 aliphatic carbocycles. The van der Waals surface area contributed by atoms with Gasteiger partial charge in [0.1, 0.15) is 5.52 Å². The predicted octanol–water partition coefficient (Wildman–Crippen LogP) is 2.99. The van der Waals surface area contributed by atoms with E-state index in [0.717, 1.165) is 49.1 Å². The molecule has 140 valence electrons. The van der Waals surface area contributed by atoms with Crippen LogP contribution in [0.15, 0.2) is 52.9 Å². The molecule has 1 fully saturated rings. The second-order valence-electron chi connectivity index (χ2n) is 7.01. The Balaban J connectivity index is 1.25. The molecule has 1 amide bonds. The van der Waals surface area contributed by atoms with E-state index in [1.807, 2.05) is 48.5 Å². The van der Waals surface area contributed by atoms with Crippen LogP contribution >= 0.6 is 0 Å². The number of nitrogens with two attached hydrogens (primary N) is 1. The quantitative estimate of drug-likeness (QED) is 0.680. The maximum atomic E-state index is 12.4. The van der Waals surface area contributed by atoms with Crippen LogP contribution in [0.1, 0.15) is 18.4 Å². The Morgan fingerprint density at radius 2 is 1.89 bits per heavy atom. The summed E-state index contributed by atoms with van der Waals surface area (Å²) in [6.45, 7) is 2.21. The molecule has 1 aliphatic rings. The number of fused-ring (bicyclic) bond motifs is 1. The number of para-hydroxylation sites is 2. The molecule has 1 aromatic heterocycles. The molecule has 6 heteroatoms. The van der Waals surface area contributed by atoms with Crippen LogP contribution in [0, 0.1) is 5.92 Å². The number of aromatic nitrogens is 1. The van der Waals surface area contributed by atoms with Crippen LogP contribution in [-0.4, -0.2) is 30.5 Å². The molecule has 0 unspecified atom stereocenters. The van der Waals surface area contributed by atoms with Crippen molar-refractivity contribution in [1.82, 2.24) is 10.3 Å². The van der Waals surface area contributed by atoms with Gasteiger partial charge in [-0.25, -0.2) is 0 Å². The van der Waals surface area contributed by atoms with Gasteiger partial charge in [0.05, 0.1) is 0 Å². The largest absolute Gasteiger partial charge is 0.423 e. The Morgan fingerprint density at radius 3 is 2.63 bits per heavy atom. The number of amides is 1. The van der Waals surface area contributed by atoms with Gasteiger partial charge in [-0.1, -0.05) is 24.3 Å². The zero-order valence-corrected chi connectivity index (χ0v) is 15.2. The first-order chi connectivity index (χ1) is 13.2. The number of carbonyl (C=O) groups is 1. The van der Waals surface area contributed by atoms with Crippen molar-refractivity contribution >= 4 is 28.7 Å². The lowest BCUT2D eigenvalue weighted by Crippen LogP contribution is -2.41. The van der Waals surface area contributed by atoms with Crippen LogP contribution < -0.4 is 16.0 Å². The van der Waals surface area contributed by atoms with E-state index >= 15 is 0 Å². The molecule has 0 saturated carbocycles. The lowest BCUT2D eigenvalue weighted by Gasteiger charge is -2.30. The van der Waals surface area contributed by atoms with Crippen LogP contribution in [0.25, 0.3) is 11.1 Å². The number of rotatable bonds is 5. The number of nitrogens with one attached hydrogen (secondary N) is 1. The van der Waals surface area contributed by atoms with Crippen molar-refractivity contribution in [3.8, 4) is 0 Å². The van der Waals surface area contributed by atoms with Crippen molar-refractivity contribution in [3.05, 3.63) is 54.1 Å². The summed E-state index contributed by atoms with van der Waals surface area (Å²) in [6, 6.07) is 16.2. The van der Waals surface area contributed by atoms with E-state index in [-0.39, 0.29) is 11.8 Å². The third kappa shape index (κ3) is 4.05. The van der Waals surface area contributed by atoms with E-state index in [1.165, 1.54) is 5.56 Å². The van der Waals surface area contributed by atoms with Crippen LogP contribution in [0.4, 0.5) is 11.7 Å². The van der Waals surface area contributed by atoms with Crippen molar-refractivity contribution in [2.75, 3.05) is 30.3 Å². The Morgan fingerprint density at radius 1 is 1.15 bits per heavy atom. The van der Waals surface area contributed by atoms with E-state index in [2.05, 4.69) is 15.2 Å². The molecule has 0 spiro atoms. The number of anilines is 2. The Kier molecular flexibility index (Phi) is 4.96. The minimum atomic E-state index is 0.0528. The third-order valence-electron chi connectivity index (χ3n) is 5.11. The zero-order valence-electron chi connectivity index (χ0n) is 15.2. The van der Waals surface area contributed by atoms with Crippen molar-refractivity contribution < 1.29 is 9.21 Å². The van der Waals surface area contributed by atoms with E-state index in [9.17, 15) is 4.79 Å². The fourth-order valence-electron chi connectivity index (χ4n) is 3.49. The number of benzene rings is 2. The topological polar surface area (TPSA) is 84.4 Å². The van der Waals surface area contributed by atoms with Gasteiger partial charge in [-0.3, -0.25) is 4.79 Å². The predicted molar refractivity (Wildman–Crippen MR) is 107 cm³/mol. The summed E-state index contributed by atoms with van der Waals surface area (Å²) < 4.78 is 5.83. The summed E-state index contributed by atoms with van der Waals surface area (Å²) in [5.74, 6) is 0.194. The Bertz CT molecular complexity index is 878. The summed E-state index contributed by atoms with van der Waals surface area (Å²) in [5.41, 5.74) is 9.30. The Labute approximate surface area is 158 Å². The molecule has 2 heterocycles. The molecule has 4 rings (SSSR count). The standard InChI is InChI=1S/C21H24N4O2/c22-17-7-5-15(6-8-17)9-12-23-20(26)16-10-13-25(14-11-16)21-24-18-3-1-2-4-19(18)27-21/h1-8,16H,9-14,22H2,(H,23,26). The number of oxazole rings is 1.